The summed E-state index contributed by atoms with van der Waals surface area (Å²) in [5.41, 5.74) is 9.86. The van der Waals surface area contributed by atoms with E-state index in [-0.39, 0.29) is 0 Å². The normalized spacial score (nSPS) is 11.9. The zero-order valence-electron chi connectivity index (χ0n) is 37.4. The highest BCUT2D eigenvalue weighted by Crippen LogP contribution is 2.51. The van der Waals surface area contributed by atoms with Crippen LogP contribution in [0.4, 0.5) is 17.1 Å². The van der Waals surface area contributed by atoms with Gasteiger partial charge < -0.3 is 9.64 Å². The lowest BCUT2D eigenvalue weighted by Crippen LogP contribution is -2.11. The molecule has 0 fully saturated rings. The number of para-hydroxylation sites is 2. The van der Waals surface area contributed by atoms with Gasteiger partial charge in [-0.05, 0) is 131 Å². The number of benzene rings is 11. The molecule has 1 aliphatic rings. The second-order valence-electron chi connectivity index (χ2n) is 17.9. The molecule has 0 N–H and O–H groups in total. The van der Waals surface area contributed by atoms with Gasteiger partial charge in [-0.15, -0.1) is 11.3 Å². The number of thiophene rings is 1. The van der Waals surface area contributed by atoms with E-state index in [1.165, 1.54) is 74.0 Å². The topological polar surface area (TPSA) is 12.5 Å². The highest BCUT2D eigenvalue weighted by atomic mass is 32.1. The molecular weight excluding hydrogens is 855 g/mol. The van der Waals surface area contributed by atoms with Crippen LogP contribution in [0.3, 0.4) is 0 Å². The predicted octanol–water partition coefficient (Wildman–Crippen LogP) is 19.5. The van der Waals surface area contributed by atoms with Crippen LogP contribution in [-0.2, 0) is 0 Å². The summed E-state index contributed by atoms with van der Waals surface area (Å²) in [4.78, 5) is 2.45. The Hall–Kier alpha value is -8.76. The number of nitrogens with zero attached hydrogens (tertiary/aromatic N) is 1. The van der Waals surface area contributed by atoms with E-state index in [1.807, 2.05) is 17.4 Å². The number of rotatable bonds is 4. The minimum absolute atomic E-state index is 0.828. The van der Waals surface area contributed by atoms with E-state index in [0.29, 0.717) is 0 Å². The Morgan fingerprint density at radius 2 is 0.725 bits per heavy atom. The summed E-state index contributed by atoms with van der Waals surface area (Å²) in [5, 5.41) is 14.6. The third-order valence-electron chi connectivity index (χ3n) is 14.1. The molecule has 0 amide bonds. The first-order chi connectivity index (χ1) is 34.2. The molecule has 13 aromatic rings. The summed E-state index contributed by atoms with van der Waals surface area (Å²) in [5.74, 6) is 1.68. The minimum atomic E-state index is 0.828. The first-order valence-electron chi connectivity index (χ1n) is 23.6. The lowest BCUT2D eigenvalue weighted by Gasteiger charge is -2.29. The van der Waals surface area contributed by atoms with Crippen LogP contribution >= 0.6 is 11.3 Å². The average Bonchev–Trinajstić information content (AvgIpc) is 3.72. The maximum Gasteiger partial charge on any atom is 0.135 e. The second-order valence-corrected chi connectivity index (χ2v) is 19.0. The molecule has 0 aliphatic carbocycles. The van der Waals surface area contributed by atoms with Crippen LogP contribution in [0.1, 0.15) is 0 Å². The van der Waals surface area contributed by atoms with Gasteiger partial charge in [-0.3, -0.25) is 0 Å². The summed E-state index contributed by atoms with van der Waals surface area (Å²) in [7, 11) is 0. The molecule has 0 radical (unpaired) electrons. The van der Waals surface area contributed by atoms with Crippen LogP contribution < -0.4 is 9.64 Å². The van der Waals surface area contributed by atoms with Crippen molar-refractivity contribution >= 4 is 102 Å². The van der Waals surface area contributed by atoms with Crippen molar-refractivity contribution in [3.8, 4) is 44.9 Å². The molecule has 1 aromatic heterocycles. The fraction of sp³-hybridized carbons (Fsp3) is 0. The van der Waals surface area contributed by atoms with Gasteiger partial charge in [-0.1, -0.05) is 188 Å². The number of anilines is 3. The monoisotopic (exact) mass is 895 g/mol. The quantitative estimate of drug-likeness (QED) is 0.175. The summed E-state index contributed by atoms with van der Waals surface area (Å²) in [6.07, 6.45) is 0. The largest absolute Gasteiger partial charge is 0.456 e. The molecule has 0 unspecified atom stereocenters. The standard InChI is InChI=1S/C66H41NOS/c1-2-18-42(19-3-1)45-20-12-15-31-62(45)67(44-35-37-64-60(39-44)53-28-11-9-26-51(53)55-29-13-16-32-63(55)68-64)43-34-36-54-50-25-7-6-23-48(50)46-21-4-5-22-47(46)49-24-8-10-27-52(49)59-41-66-61(40-58(59)57(54)38-43)56-30-14-17-33-65(56)69-66/h1-41H. The van der Waals surface area contributed by atoms with Gasteiger partial charge in [0.2, 0.25) is 0 Å². The van der Waals surface area contributed by atoms with Crippen molar-refractivity contribution in [2.24, 2.45) is 0 Å². The summed E-state index contributed by atoms with van der Waals surface area (Å²) in [6, 6.07) is 91.2. The highest BCUT2D eigenvalue weighted by molar-refractivity contribution is 7.25. The third-order valence-corrected chi connectivity index (χ3v) is 15.2. The van der Waals surface area contributed by atoms with Gasteiger partial charge in [0.05, 0.1) is 5.69 Å². The molecule has 0 saturated carbocycles. The van der Waals surface area contributed by atoms with E-state index in [4.69, 9.17) is 4.74 Å². The van der Waals surface area contributed by atoms with Crippen LogP contribution in [0.5, 0.6) is 11.5 Å². The van der Waals surface area contributed by atoms with Crippen molar-refractivity contribution in [2.45, 2.75) is 0 Å². The molecule has 0 atom stereocenters. The Morgan fingerprint density at radius 3 is 1.42 bits per heavy atom. The van der Waals surface area contributed by atoms with Gasteiger partial charge in [0.25, 0.3) is 0 Å². The van der Waals surface area contributed by atoms with Gasteiger partial charge in [0, 0.05) is 48.2 Å². The van der Waals surface area contributed by atoms with E-state index in [0.717, 1.165) is 61.9 Å². The number of hydrogen-bond acceptors (Lipinski definition) is 3. The lowest BCUT2D eigenvalue weighted by molar-refractivity contribution is 0.488. The molecule has 69 heavy (non-hydrogen) atoms. The zero-order valence-corrected chi connectivity index (χ0v) is 38.3. The van der Waals surface area contributed by atoms with Crippen molar-refractivity contribution in [3.63, 3.8) is 0 Å². The molecule has 322 valence electrons. The number of ether oxygens (including phenoxy) is 1. The molecule has 12 aromatic carbocycles. The van der Waals surface area contributed by atoms with E-state index >= 15 is 0 Å². The second kappa shape index (κ2) is 16.0. The fourth-order valence-corrected chi connectivity index (χ4v) is 12.1. The van der Waals surface area contributed by atoms with Crippen LogP contribution in [-0.4, -0.2) is 0 Å². The predicted molar refractivity (Wildman–Crippen MR) is 296 cm³/mol. The Kier molecular flexibility index (Phi) is 9.11. The summed E-state index contributed by atoms with van der Waals surface area (Å²) in [6.45, 7) is 0. The van der Waals surface area contributed by atoms with Crippen LogP contribution in [0, 0.1) is 0 Å². The zero-order chi connectivity index (χ0) is 45.4. The van der Waals surface area contributed by atoms with E-state index < -0.39 is 0 Å². The molecule has 0 saturated heterocycles. The van der Waals surface area contributed by atoms with Gasteiger partial charge in [0.1, 0.15) is 11.5 Å². The maximum atomic E-state index is 6.81. The number of fused-ring (bicyclic) bond motifs is 18. The minimum Gasteiger partial charge on any atom is -0.456 e. The fourth-order valence-electron chi connectivity index (χ4n) is 11.0. The van der Waals surface area contributed by atoms with Crippen molar-refractivity contribution < 1.29 is 4.74 Å². The van der Waals surface area contributed by atoms with Gasteiger partial charge in [-0.25, -0.2) is 0 Å². The Morgan fingerprint density at radius 1 is 0.261 bits per heavy atom. The number of hydrogen-bond donors (Lipinski definition) is 0. The molecule has 2 heterocycles. The SMILES string of the molecule is c1ccc(-c2ccccc2N(c2ccc3c(c2)-c2ccccc2-c2ccccc2O3)c2ccc3c4ccccc4c4ccccc4c4ccccc4c4cc5sc6ccccc6c5cc4c3c2)cc1. The molecule has 14 rings (SSSR count). The van der Waals surface area contributed by atoms with E-state index in [9.17, 15) is 0 Å². The summed E-state index contributed by atoms with van der Waals surface area (Å²) >= 11 is 1.87. The van der Waals surface area contributed by atoms with Crippen LogP contribution in [0.25, 0.3) is 107 Å². The molecule has 0 bridgehead atoms. The Balaban J connectivity index is 1.15. The molecular formula is C66H41NOS. The van der Waals surface area contributed by atoms with Crippen molar-refractivity contribution in [1.29, 1.82) is 0 Å². The van der Waals surface area contributed by atoms with Crippen LogP contribution in [0.15, 0.2) is 249 Å². The highest BCUT2D eigenvalue weighted by Gasteiger charge is 2.24. The van der Waals surface area contributed by atoms with Crippen molar-refractivity contribution in [2.75, 3.05) is 4.90 Å². The smallest absolute Gasteiger partial charge is 0.135 e. The molecule has 1 aliphatic heterocycles. The van der Waals surface area contributed by atoms with Gasteiger partial charge in [-0.2, -0.15) is 0 Å². The van der Waals surface area contributed by atoms with E-state index in [1.54, 1.807) is 0 Å². The first-order valence-corrected chi connectivity index (χ1v) is 24.4. The van der Waals surface area contributed by atoms with Crippen molar-refractivity contribution in [1.82, 2.24) is 0 Å². The van der Waals surface area contributed by atoms with Crippen LogP contribution in [0.2, 0.25) is 0 Å². The maximum absolute atomic E-state index is 6.81. The van der Waals surface area contributed by atoms with Gasteiger partial charge in [0.15, 0.2) is 0 Å². The first kappa shape index (κ1) is 39.4. The Bertz CT molecular complexity index is 4300. The molecule has 3 heteroatoms. The van der Waals surface area contributed by atoms with E-state index in [2.05, 4.69) is 248 Å². The van der Waals surface area contributed by atoms with Gasteiger partial charge >= 0.3 is 0 Å². The third kappa shape index (κ3) is 6.39. The summed E-state index contributed by atoms with van der Waals surface area (Å²) < 4.78 is 9.38. The average molecular weight is 896 g/mol. The molecule has 0 spiro atoms. The Labute approximate surface area is 403 Å². The van der Waals surface area contributed by atoms with Crippen molar-refractivity contribution in [3.05, 3.63) is 249 Å². The lowest BCUT2D eigenvalue weighted by atomic mass is 9.93. The molecule has 2 nitrogen and oxygen atoms in total.